The fourth-order valence-electron chi connectivity index (χ4n) is 3.12. The molecule has 2 amide bonds. The second-order valence-electron chi connectivity index (χ2n) is 5.76. The summed E-state index contributed by atoms with van der Waals surface area (Å²) in [5.41, 5.74) is 1.74. The van der Waals surface area contributed by atoms with E-state index in [-0.39, 0.29) is 11.8 Å². The third-order valence-electron chi connectivity index (χ3n) is 4.40. The first kappa shape index (κ1) is 13.2. The van der Waals surface area contributed by atoms with Crippen molar-refractivity contribution in [3.8, 4) is 0 Å². The topological polar surface area (TPSA) is 49.4 Å². The van der Waals surface area contributed by atoms with Crippen LogP contribution in [-0.4, -0.2) is 28.8 Å². The Bertz CT molecular complexity index is 535. The molecule has 1 fully saturated rings. The van der Waals surface area contributed by atoms with Crippen molar-refractivity contribution in [1.82, 2.24) is 10.2 Å². The van der Waals surface area contributed by atoms with E-state index in [1.54, 1.807) is 4.90 Å². The lowest BCUT2D eigenvalue weighted by Crippen LogP contribution is -2.47. The molecule has 0 saturated heterocycles. The minimum Gasteiger partial charge on any atom is -0.352 e. The van der Waals surface area contributed by atoms with Gasteiger partial charge < -0.3 is 10.2 Å². The zero-order valence-corrected chi connectivity index (χ0v) is 11.8. The Balaban J connectivity index is 1.68. The number of fused-ring (bicyclic) bond motifs is 1. The molecule has 1 saturated carbocycles. The second-order valence-corrected chi connectivity index (χ2v) is 5.76. The molecule has 4 nitrogen and oxygen atoms in total. The van der Waals surface area contributed by atoms with Gasteiger partial charge >= 0.3 is 0 Å². The van der Waals surface area contributed by atoms with Crippen molar-refractivity contribution in [3.05, 3.63) is 35.4 Å². The molecule has 1 aromatic carbocycles. The van der Waals surface area contributed by atoms with Gasteiger partial charge in [0.15, 0.2) is 0 Å². The fraction of sp³-hybridized carbons (Fsp3) is 0.500. The van der Waals surface area contributed by atoms with Gasteiger partial charge in [0.1, 0.15) is 6.04 Å². The Morgan fingerprint density at radius 1 is 1.30 bits per heavy atom. The largest absolute Gasteiger partial charge is 0.352 e. The minimum absolute atomic E-state index is 0.0296. The van der Waals surface area contributed by atoms with E-state index in [9.17, 15) is 9.59 Å². The number of hydrogen-bond acceptors (Lipinski definition) is 2. The lowest BCUT2D eigenvalue weighted by Gasteiger charge is -2.25. The summed E-state index contributed by atoms with van der Waals surface area (Å²) in [7, 11) is 0. The number of rotatable bonds is 3. The molecule has 3 rings (SSSR count). The van der Waals surface area contributed by atoms with Crippen molar-refractivity contribution in [2.24, 2.45) is 0 Å². The van der Waals surface area contributed by atoms with E-state index in [2.05, 4.69) is 5.32 Å². The average molecular weight is 272 g/mol. The lowest BCUT2D eigenvalue weighted by molar-refractivity contribution is -0.125. The van der Waals surface area contributed by atoms with Crippen LogP contribution in [0.3, 0.4) is 0 Å². The molecule has 1 unspecified atom stereocenters. The van der Waals surface area contributed by atoms with Crippen LogP contribution in [0.4, 0.5) is 0 Å². The molecular formula is C16H20N2O2. The molecule has 0 radical (unpaired) electrons. The average Bonchev–Trinajstić information content (AvgIpc) is 3.07. The van der Waals surface area contributed by atoms with Crippen molar-refractivity contribution >= 4 is 11.8 Å². The van der Waals surface area contributed by atoms with Gasteiger partial charge in [-0.1, -0.05) is 31.0 Å². The Kier molecular flexibility index (Phi) is 3.47. The van der Waals surface area contributed by atoms with Crippen LogP contribution >= 0.6 is 0 Å². The van der Waals surface area contributed by atoms with Gasteiger partial charge in [-0.05, 0) is 31.4 Å². The quantitative estimate of drug-likeness (QED) is 0.916. The highest BCUT2D eigenvalue weighted by Gasteiger charge is 2.34. The molecule has 1 aliphatic heterocycles. The van der Waals surface area contributed by atoms with Gasteiger partial charge in [-0.25, -0.2) is 0 Å². The van der Waals surface area contributed by atoms with Crippen molar-refractivity contribution in [3.63, 3.8) is 0 Å². The van der Waals surface area contributed by atoms with E-state index in [1.807, 2.05) is 31.2 Å². The SMILES string of the molecule is CC(C(=O)NC1CCCC1)N1Cc2ccccc2C1=O. The van der Waals surface area contributed by atoms with Gasteiger partial charge in [-0.2, -0.15) is 0 Å². The van der Waals surface area contributed by atoms with E-state index < -0.39 is 6.04 Å². The smallest absolute Gasteiger partial charge is 0.255 e. The zero-order valence-electron chi connectivity index (χ0n) is 11.8. The molecule has 106 valence electrons. The first-order valence-corrected chi connectivity index (χ1v) is 7.36. The predicted molar refractivity (Wildman–Crippen MR) is 76.2 cm³/mol. The van der Waals surface area contributed by atoms with Gasteiger partial charge in [0.05, 0.1) is 0 Å². The van der Waals surface area contributed by atoms with Gasteiger partial charge in [-0.15, -0.1) is 0 Å². The number of carbonyl (C=O) groups is 2. The maximum absolute atomic E-state index is 12.3. The van der Waals surface area contributed by atoms with E-state index in [0.29, 0.717) is 12.6 Å². The summed E-state index contributed by atoms with van der Waals surface area (Å²) >= 11 is 0. The number of nitrogens with zero attached hydrogens (tertiary/aromatic N) is 1. The summed E-state index contributed by atoms with van der Waals surface area (Å²) < 4.78 is 0. The number of nitrogens with one attached hydrogen (secondary N) is 1. The van der Waals surface area contributed by atoms with Gasteiger partial charge in [-0.3, -0.25) is 9.59 Å². The maximum atomic E-state index is 12.3. The zero-order chi connectivity index (χ0) is 14.1. The minimum atomic E-state index is -0.407. The predicted octanol–water partition coefficient (Wildman–Crippen LogP) is 2.09. The van der Waals surface area contributed by atoms with Gasteiger partial charge in [0, 0.05) is 18.2 Å². The van der Waals surface area contributed by atoms with Crippen molar-refractivity contribution in [2.75, 3.05) is 0 Å². The van der Waals surface area contributed by atoms with E-state index in [4.69, 9.17) is 0 Å². The van der Waals surface area contributed by atoms with Crippen LogP contribution in [0.1, 0.15) is 48.5 Å². The lowest BCUT2D eigenvalue weighted by atomic mass is 10.1. The summed E-state index contributed by atoms with van der Waals surface area (Å²) in [6.45, 7) is 2.35. The van der Waals surface area contributed by atoms with E-state index in [0.717, 1.165) is 24.0 Å². The van der Waals surface area contributed by atoms with Crippen LogP contribution < -0.4 is 5.32 Å². The molecule has 1 atom stereocenters. The van der Waals surface area contributed by atoms with Crippen molar-refractivity contribution < 1.29 is 9.59 Å². The Hall–Kier alpha value is -1.84. The summed E-state index contributed by atoms with van der Waals surface area (Å²) in [6.07, 6.45) is 4.50. The molecule has 1 heterocycles. The molecule has 20 heavy (non-hydrogen) atoms. The highest BCUT2D eigenvalue weighted by molar-refractivity contribution is 6.01. The first-order chi connectivity index (χ1) is 9.66. The maximum Gasteiger partial charge on any atom is 0.255 e. The summed E-state index contributed by atoms with van der Waals surface area (Å²) in [5.74, 6) is -0.0623. The molecule has 1 aliphatic carbocycles. The molecule has 1 N–H and O–H groups in total. The van der Waals surface area contributed by atoms with Gasteiger partial charge in [0.2, 0.25) is 5.91 Å². The number of hydrogen-bond donors (Lipinski definition) is 1. The first-order valence-electron chi connectivity index (χ1n) is 7.36. The summed E-state index contributed by atoms with van der Waals surface area (Å²) in [6, 6.07) is 7.47. The van der Waals surface area contributed by atoms with Crippen LogP contribution in [0.15, 0.2) is 24.3 Å². The second kappa shape index (κ2) is 5.27. The van der Waals surface area contributed by atoms with Crippen LogP contribution in [0.2, 0.25) is 0 Å². The Labute approximate surface area is 119 Å². The van der Waals surface area contributed by atoms with Crippen LogP contribution in [0, 0.1) is 0 Å². The Morgan fingerprint density at radius 2 is 2.00 bits per heavy atom. The van der Waals surface area contributed by atoms with Crippen LogP contribution in [-0.2, 0) is 11.3 Å². The van der Waals surface area contributed by atoms with Crippen molar-refractivity contribution in [2.45, 2.75) is 51.2 Å². The van der Waals surface area contributed by atoms with Crippen LogP contribution in [0.5, 0.6) is 0 Å². The fourth-order valence-corrected chi connectivity index (χ4v) is 3.12. The number of amides is 2. The highest BCUT2D eigenvalue weighted by atomic mass is 16.2. The van der Waals surface area contributed by atoms with E-state index in [1.165, 1.54) is 12.8 Å². The molecule has 2 aliphatic rings. The van der Waals surface area contributed by atoms with Crippen LogP contribution in [0.25, 0.3) is 0 Å². The third kappa shape index (κ3) is 2.30. The standard InChI is InChI=1S/C16H20N2O2/c1-11(15(19)17-13-7-3-4-8-13)18-10-12-6-2-5-9-14(12)16(18)20/h2,5-6,9,11,13H,3-4,7-8,10H2,1H3,(H,17,19). The molecule has 0 aromatic heterocycles. The van der Waals surface area contributed by atoms with E-state index >= 15 is 0 Å². The third-order valence-corrected chi connectivity index (χ3v) is 4.40. The highest BCUT2D eigenvalue weighted by Crippen LogP contribution is 2.25. The molecule has 1 aromatic rings. The summed E-state index contributed by atoms with van der Waals surface area (Å²) in [4.78, 5) is 26.3. The molecule has 0 spiro atoms. The molecular weight excluding hydrogens is 252 g/mol. The number of benzene rings is 1. The van der Waals surface area contributed by atoms with Crippen molar-refractivity contribution in [1.29, 1.82) is 0 Å². The van der Waals surface area contributed by atoms with Gasteiger partial charge in [0.25, 0.3) is 5.91 Å². The molecule has 0 bridgehead atoms. The normalized spacial score (nSPS) is 20.1. The molecule has 4 heteroatoms. The Morgan fingerprint density at radius 3 is 2.70 bits per heavy atom. The number of carbonyl (C=O) groups excluding carboxylic acids is 2. The monoisotopic (exact) mass is 272 g/mol. The summed E-state index contributed by atoms with van der Waals surface area (Å²) in [5, 5.41) is 3.07.